The first-order chi connectivity index (χ1) is 13.6. The SMILES string of the molecule is CCN(CC)c1ccc(C(=O)NCc2ccc(CN3CCCC3=O)cc2)cc1. The van der Waals surface area contributed by atoms with Crippen LogP contribution >= 0.6 is 0 Å². The van der Waals surface area contributed by atoms with Crippen LogP contribution < -0.4 is 10.2 Å². The minimum Gasteiger partial charge on any atom is -0.372 e. The van der Waals surface area contributed by atoms with Gasteiger partial charge in [-0.05, 0) is 55.7 Å². The summed E-state index contributed by atoms with van der Waals surface area (Å²) in [4.78, 5) is 28.3. The maximum absolute atomic E-state index is 12.4. The number of nitrogens with zero attached hydrogens (tertiary/aromatic N) is 2. The predicted molar refractivity (Wildman–Crippen MR) is 112 cm³/mol. The molecule has 28 heavy (non-hydrogen) atoms. The van der Waals surface area contributed by atoms with E-state index < -0.39 is 0 Å². The summed E-state index contributed by atoms with van der Waals surface area (Å²) in [5.74, 6) is 0.168. The highest BCUT2D eigenvalue weighted by atomic mass is 16.2. The lowest BCUT2D eigenvalue weighted by atomic mass is 10.1. The molecule has 0 aliphatic carbocycles. The minimum absolute atomic E-state index is 0.0714. The molecule has 1 heterocycles. The third-order valence-electron chi connectivity index (χ3n) is 5.28. The van der Waals surface area contributed by atoms with Crippen molar-refractivity contribution >= 4 is 17.5 Å². The molecule has 5 nitrogen and oxygen atoms in total. The minimum atomic E-state index is -0.0714. The van der Waals surface area contributed by atoms with Crippen LogP contribution in [-0.2, 0) is 17.9 Å². The number of rotatable bonds is 8. The van der Waals surface area contributed by atoms with Crippen molar-refractivity contribution in [3.8, 4) is 0 Å². The van der Waals surface area contributed by atoms with Crippen LogP contribution in [0.4, 0.5) is 5.69 Å². The van der Waals surface area contributed by atoms with Crippen molar-refractivity contribution in [1.82, 2.24) is 10.2 Å². The lowest BCUT2D eigenvalue weighted by Crippen LogP contribution is -2.24. The van der Waals surface area contributed by atoms with Gasteiger partial charge in [-0.15, -0.1) is 0 Å². The van der Waals surface area contributed by atoms with Gasteiger partial charge in [0.15, 0.2) is 0 Å². The highest BCUT2D eigenvalue weighted by molar-refractivity contribution is 5.94. The number of likely N-dealkylation sites (tertiary alicyclic amines) is 1. The first-order valence-corrected chi connectivity index (χ1v) is 10.1. The summed E-state index contributed by atoms with van der Waals surface area (Å²) in [6, 6.07) is 15.8. The Kier molecular flexibility index (Phi) is 6.69. The van der Waals surface area contributed by atoms with Crippen molar-refractivity contribution in [2.45, 2.75) is 39.8 Å². The van der Waals surface area contributed by atoms with Crippen LogP contribution in [0.15, 0.2) is 48.5 Å². The summed E-state index contributed by atoms with van der Waals surface area (Å²) in [5.41, 5.74) is 3.97. The van der Waals surface area contributed by atoms with Gasteiger partial charge in [0.05, 0.1) is 0 Å². The van der Waals surface area contributed by atoms with Crippen molar-refractivity contribution in [1.29, 1.82) is 0 Å². The molecule has 1 aliphatic rings. The molecule has 0 saturated carbocycles. The van der Waals surface area contributed by atoms with Crippen LogP contribution in [0, 0.1) is 0 Å². The summed E-state index contributed by atoms with van der Waals surface area (Å²) in [6.07, 6.45) is 1.62. The number of carbonyl (C=O) groups is 2. The van der Waals surface area contributed by atoms with Gasteiger partial charge in [-0.1, -0.05) is 24.3 Å². The van der Waals surface area contributed by atoms with Crippen LogP contribution in [0.25, 0.3) is 0 Å². The van der Waals surface area contributed by atoms with Crippen LogP contribution in [0.3, 0.4) is 0 Å². The zero-order chi connectivity index (χ0) is 19.9. The van der Waals surface area contributed by atoms with E-state index in [0.29, 0.717) is 25.1 Å². The fourth-order valence-corrected chi connectivity index (χ4v) is 3.55. The fraction of sp³-hybridized carbons (Fsp3) is 0.391. The normalized spacial score (nSPS) is 13.6. The molecule has 1 aliphatic heterocycles. The van der Waals surface area contributed by atoms with E-state index in [1.54, 1.807) is 0 Å². The van der Waals surface area contributed by atoms with Gasteiger partial charge in [-0.2, -0.15) is 0 Å². The Morgan fingerprint density at radius 1 is 1.00 bits per heavy atom. The van der Waals surface area contributed by atoms with Crippen LogP contribution in [0.1, 0.15) is 48.2 Å². The molecule has 0 bridgehead atoms. The summed E-state index contributed by atoms with van der Waals surface area (Å²) >= 11 is 0. The Bertz CT molecular complexity index is 796. The van der Waals surface area contributed by atoms with Crippen LogP contribution in [-0.4, -0.2) is 36.3 Å². The molecule has 0 atom stereocenters. The fourth-order valence-electron chi connectivity index (χ4n) is 3.55. The van der Waals surface area contributed by atoms with Crippen molar-refractivity contribution in [3.63, 3.8) is 0 Å². The Balaban J connectivity index is 1.52. The molecular formula is C23H29N3O2. The summed E-state index contributed by atoms with van der Waals surface area (Å²) in [5, 5.41) is 2.97. The molecule has 2 aromatic rings. The van der Waals surface area contributed by atoms with E-state index in [4.69, 9.17) is 0 Å². The molecular weight excluding hydrogens is 350 g/mol. The summed E-state index contributed by atoms with van der Waals surface area (Å²) in [6.45, 7) is 8.15. The second-order valence-corrected chi connectivity index (χ2v) is 7.14. The van der Waals surface area contributed by atoms with Crippen molar-refractivity contribution < 1.29 is 9.59 Å². The molecule has 1 saturated heterocycles. The van der Waals surface area contributed by atoms with E-state index in [-0.39, 0.29) is 11.8 Å². The molecule has 3 rings (SSSR count). The number of hydrogen-bond donors (Lipinski definition) is 1. The van der Waals surface area contributed by atoms with Gasteiger partial charge in [-0.25, -0.2) is 0 Å². The number of benzene rings is 2. The zero-order valence-corrected chi connectivity index (χ0v) is 16.8. The number of anilines is 1. The molecule has 0 spiro atoms. The van der Waals surface area contributed by atoms with Gasteiger partial charge in [-0.3, -0.25) is 9.59 Å². The standard InChI is InChI=1S/C23H29N3O2/c1-3-25(4-2)21-13-11-20(12-14-21)23(28)24-16-18-7-9-19(10-8-18)17-26-15-5-6-22(26)27/h7-14H,3-6,15-17H2,1-2H3,(H,24,28). The lowest BCUT2D eigenvalue weighted by molar-refractivity contribution is -0.128. The van der Waals surface area contributed by atoms with Gasteiger partial charge in [0.25, 0.3) is 5.91 Å². The second-order valence-electron chi connectivity index (χ2n) is 7.14. The Morgan fingerprint density at radius 2 is 1.64 bits per heavy atom. The van der Waals surface area contributed by atoms with Crippen molar-refractivity contribution in [2.24, 2.45) is 0 Å². The number of carbonyl (C=O) groups excluding carboxylic acids is 2. The first-order valence-electron chi connectivity index (χ1n) is 10.1. The van der Waals surface area contributed by atoms with E-state index in [1.807, 2.05) is 53.4 Å². The third-order valence-corrected chi connectivity index (χ3v) is 5.28. The molecule has 2 amide bonds. The summed E-state index contributed by atoms with van der Waals surface area (Å²) < 4.78 is 0. The Hall–Kier alpha value is -2.82. The number of amides is 2. The van der Waals surface area contributed by atoms with Gasteiger partial charge in [0.1, 0.15) is 0 Å². The van der Waals surface area contributed by atoms with Crippen molar-refractivity contribution in [3.05, 3.63) is 65.2 Å². The third kappa shape index (κ3) is 4.91. The second kappa shape index (κ2) is 9.40. The quantitative estimate of drug-likeness (QED) is 0.763. The molecule has 1 N–H and O–H groups in total. The van der Waals surface area contributed by atoms with Gasteiger partial charge in [0, 0.05) is 50.4 Å². The molecule has 0 aromatic heterocycles. The smallest absolute Gasteiger partial charge is 0.251 e. The van der Waals surface area contributed by atoms with Gasteiger partial charge < -0.3 is 15.1 Å². The van der Waals surface area contributed by atoms with Gasteiger partial charge >= 0.3 is 0 Å². The first kappa shape index (κ1) is 19.9. The topological polar surface area (TPSA) is 52.7 Å². The summed E-state index contributed by atoms with van der Waals surface area (Å²) in [7, 11) is 0. The highest BCUT2D eigenvalue weighted by Gasteiger charge is 2.19. The van der Waals surface area contributed by atoms with E-state index >= 15 is 0 Å². The number of hydrogen-bond acceptors (Lipinski definition) is 3. The van der Waals surface area contributed by atoms with E-state index in [2.05, 4.69) is 24.1 Å². The largest absolute Gasteiger partial charge is 0.372 e. The average Bonchev–Trinajstić information content (AvgIpc) is 3.13. The molecule has 0 unspecified atom stereocenters. The van der Waals surface area contributed by atoms with E-state index in [9.17, 15) is 9.59 Å². The Labute approximate surface area is 167 Å². The molecule has 5 heteroatoms. The maximum Gasteiger partial charge on any atom is 0.251 e. The average molecular weight is 380 g/mol. The van der Waals surface area contributed by atoms with E-state index in [0.717, 1.165) is 42.9 Å². The monoisotopic (exact) mass is 379 g/mol. The molecule has 0 radical (unpaired) electrons. The Morgan fingerprint density at radius 3 is 2.21 bits per heavy atom. The van der Waals surface area contributed by atoms with Crippen molar-refractivity contribution in [2.75, 3.05) is 24.5 Å². The van der Waals surface area contributed by atoms with Crippen LogP contribution in [0.5, 0.6) is 0 Å². The molecule has 2 aromatic carbocycles. The number of nitrogens with one attached hydrogen (secondary N) is 1. The molecule has 1 fully saturated rings. The zero-order valence-electron chi connectivity index (χ0n) is 16.8. The van der Waals surface area contributed by atoms with Gasteiger partial charge in [0.2, 0.25) is 5.91 Å². The maximum atomic E-state index is 12.4. The predicted octanol–water partition coefficient (Wildman–Crippen LogP) is 3.59. The van der Waals surface area contributed by atoms with Crippen LogP contribution in [0.2, 0.25) is 0 Å². The molecule has 148 valence electrons. The highest BCUT2D eigenvalue weighted by Crippen LogP contribution is 2.16. The van der Waals surface area contributed by atoms with E-state index in [1.165, 1.54) is 0 Å². The lowest BCUT2D eigenvalue weighted by Gasteiger charge is -2.21.